The molecule has 0 spiro atoms. The third-order valence-electron chi connectivity index (χ3n) is 5.31. The Kier molecular flexibility index (Phi) is 7.58. The van der Waals surface area contributed by atoms with Crippen molar-refractivity contribution in [3.05, 3.63) is 46.8 Å². The lowest BCUT2D eigenvalue weighted by Gasteiger charge is -2.11. The van der Waals surface area contributed by atoms with Crippen molar-refractivity contribution in [1.82, 2.24) is 4.98 Å². The summed E-state index contributed by atoms with van der Waals surface area (Å²) >= 11 is -2.55. The summed E-state index contributed by atoms with van der Waals surface area (Å²) in [7, 11) is -4.66. The minimum Gasteiger partial charge on any atom is -0.755 e. The fourth-order valence-corrected chi connectivity index (χ4v) is 4.65. The smallest absolute Gasteiger partial charge is 0.349 e. The van der Waals surface area contributed by atoms with Crippen molar-refractivity contribution >= 4 is 60.8 Å². The second-order valence-corrected chi connectivity index (χ2v) is 10.0. The second kappa shape index (κ2) is 10.7. The molecule has 13 nitrogen and oxygen atoms in total. The van der Waals surface area contributed by atoms with Crippen LogP contribution in [-0.4, -0.2) is 44.3 Å². The standard InChI is InChI=1S/C22H21N3O10S2/c26-20(27)4-2-1-3-7-23-16-11-18-12(9-19(16)37(31,32)33)8-14(22(28)35-18)21-24-15-10-13(25-36(29)30)5-6-17(15)34-21/h5-6,8-11,23,25H,1-4,7H2,(H,26,27)(H,29,30)(H,31,32,33)/p-1. The molecule has 0 amide bonds. The van der Waals surface area contributed by atoms with E-state index in [0.29, 0.717) is 19.3 Å². The number of hydrogen-bond donors (Lipinski definition) is 4. The predicted molar refractivity (Wildman–Crippen MR) is 132 cm³/mol. The van der Waals surface area contributed by atoms with Gasteiger partial charge in [0.15, 0.2) is 5.58 Å². The SMILES string of the molecule is O=C(O)CCCCCNc1cc2oc(=O)c(-c3nc4cc(NS(=O)[O-])ccc4o3)cc2cc1S(=O)(=O)O. The molecular formula is C22H20N3O10S2-. The third kappa shape index (κ3) is 6.32. The van der Waals surface area contributed by atoms with Crippen LogP contribution in [0, 0.1) is 0 Å². The summed E-state index contributed by atoms with van der Waals surface area (Å²) in [5.74, 6) is -1.04. The van der Waals surface area contributed by atoms with E-state index in [1.165, 1.54) is 30.3 Å². The summed E-state index contributed by atoms with van der Waals surface area (Å²) in [5, 5.41) is 11.7. The summed E-state index contributed by atoms with van der Waals surface area (Å²) in [5.41, 5.74) is -0.143. The predicted octanol–water partition coefficient (Wildman–Crippen LogP) is 3.11. The van der Waals surface area contributed by atoms with E-state index in [0.717, 1.165) is 6.07 Å². The number of hydrogen-bond acceptors (Lipinski definition) is 10. The largest absolute Gasteiger partial charge is 0.755 e. The molecule has 1 unspecified atom stereocenters. The first-order valence-electron chi connectivity index (χ1n) is 10.8. The van der Waals surface area contributed by atoms with Crippen molar-refractivity contribution in [2.75, 3.05) is 16.6 Å². The number of rotatable bonds is 11. The molecule has 0 saturated carbocycles. The van der Waals surface area contributed by atoms with E-state index >= 15 is 0 Å². The molecule has 0 saturated heterocycles. The van der Waals surface area contributed by atoms with Crippen LogP contribution in [0.1, 0.15) is 25.7 Å². The molecule has 15 heteroatoms. The zero-order chi connectivity index (χ0) is 26.7. The Hall–Kier alpha value is -3.79. The number of fused-ring (bicyclic) bond motifs is 2. The van der Waals surface area contributed by atoms with Crippen LogP contribution in [0.15, 0.2) is 54.9 Å². The minimum atomic E-state index is -4.66. The average Bonchev–Trinajstić information content (AvgIpc) is 3.22. The third-order valence-corrected chi connectivity index (χ3v) is 6.61. The maximum absolute atomic E-state index is 12.7. The molecule has 2 aromatic heterocycles. The van der Waals surface area contributed by atoms with Crippen LogP contribution in [-0.2, 0) is 26.2 Å². The molecule has 0 radical (unpaired) electrons. The summed E-state index contributed by atoms with van der Waals surface area (Å²) in [6.45, 7) is 0.287. The second-order valence-electron chi connectivity index (χ2n) is 7.98. The molecule has 196 valence electrons. The summed E-state index contributed by atoms with van der Waals surface area (Å²) in [6, 6.07) is 8.01. The van der Waals surface area contributed by atoms with Crippen molar-refractivity contribution < 1.29 is 40.5 Å². The van der Waals surface area contributed by atoms with Gasteiger partial charge in [0.25, 0.3) is 10.1 Å². The maximum atomic E-state index is 12.7. The van der Waals surface area contributed by atoms with E-state index < -0.39 is 37.9 Å². The first-order valence-corrected chi connectivity index (χ1v) is 13.3. The first kappa shape index (κ1) is 26.3. The van der Waals surface area contributed by atoms with E-state index in [1.54, 1.807) is 0 Å². The fraction of sp³-hybridized carbons (Fsp3) is 0.227. The number of oxazole rings is 1. The van der Waals surface area contributed by atoms with Gasteiger partial charge in [0.1, 0.15) is 21.6 Å². The van der Waals surface area contributed by atoms with Gasteiger partial charge in [-0.15, -0.1) is 0 Å². The number of nitrogens with zero attached hydrogens (tertiary/aromatic N) is 1. The van der Waals surface area contributed by atoms with Gasteiger partial charge >= 0.3 is 11.6 Å². The Balaban J connectivity index is 1.66. The minimum absolute atomic E-state index is 0.0155. The van der Waals surface area contributed by atoms with Gasteiger partial charge < -0.3 is 28.5 Å². The Morgan fingerprint density at radius 1 is 1.08 bits per heavy atom. The van der Waals surface area contributed by atoms with Gasteiger partial charge in [0, 0.05) is 41.4 Å². The highest BCUT2D eigenvalue weighted by atomic mass is 32.2. The summed E-state index contributed by atoms with van der Waals surface area (Å²) in [6.07, 6.45) is 1.62. The van der Waals surface area contributed by atoms with Gasteiger partial charge in [-0.1, -0.05) is 6.42 Å². The van der Waals surface area contributed by atoms with Gasteiger partial charge in [0.05, 0.1) is 5.69 Å². The van der Waals surface area contributed by atoms with Crippen molar-refractivity contribution in [2.24, 2.45) is 0 Å². The lowest BCUT2D eigenvalue weighted by atomic mass is 10.1. The first-order chi connectivity index (χ1) is 17.5. The quantitative estimate of drug-likeness (QED) is 0.0918. The topological polar surface area (TPSA) is 212 Å². The lowest BCUT2D eigenvalue weighted by molar-refractivity contribution is -0.137. The number of unbranched alkanes of at least 4 members (excludes halogenated alkanes) is 2. The molecule has 0 aliphatic rings. The van der Waals surface area contributed by atoms with Crippen LogP contribution in [0.3, 0.4) is 0 Å². The number of carbonyl (C=O) groups is 1. The van der Waals surface area contributed by atoms with E-state index in [4.69, 9.17) is 13.9 Å². The van der Waals surface area contributed by atoms with Crippen LogP contribution in [0.4, 0.5) is 11.4 Å². The molecule has 0 fully saturated rings. The molecule has 4 rings (SSSR count). The van der Waals surface area contributed by atoms with Crippen LogP contribution in [0.2, 0.25) is 0 Å². The number of carboxylic acids is 1. The molecule has 4 N–H and O–H groups in total. The van der Waals surface area contributed by atoms with Gasteiger partial charge in [-0.25, -0.2) is 9.78 Å². The zero-order valence-corrected chi connectivity index (χ0v) is 20.6. The Morgan fingerprint density at radius 2 is 1.86 bits per heavy atom. The fourth-order valence-electron chi connectivity index (χ4n) is 3.65. The molecule has 4 aromatic rings. The van der Waals surface area contributed by atoms with Gasteiger partial charge in [-0.3, -0.25) is 13.6 Å². The Morgan fingerprint density at radius 3 is 2.57 bits per heavy atom. The van der Waals surface area contributed by atoms with Crippen molar-refractivity contribution in [3.63, 3.8) is 0 Å². The van der Waals surface area contributed by atoms with E-state index in [1.807, 2.05) is 0 Å². The number of aromatic nitrogens is 1. The van der Waals surface area contributed by atoms with Gasteiger partial charge in [-0.2, -0.15) is 8.42 Å². The van der Waals surface area contributed by atoms with E-state index in [9.17, 15) is 31.3 Å². The molecule has 37 heavy (non-hydrogen) atoms. The highest BCUT2D eigenvalue weighted by Crippen LogP contribution is 2.31. The normalized spacial score (nSPS) is 12.6. The van der Waals surface area contributed by atoms with Gasteiger partial charge in [-0.05, 0) is 43.2 Å². The van der Waals surface area contributed by atoms with Gasteiger partial charge in [0.2, 0.25) is 5.89 Å². The summed E-state index contributed by atoms with van der Waals surface area (Å²) < 4.78 is 68.7. The molecule has 2 aromatic carbocycles. The average molecular weight is 551 g/mol. The van der Waals surface area contributed by atoms with Crippen LogP contribution < -0.4 is 15.7 Å². The number of aliphatic carboxylic acids is 1. The number of nitrogens with one attached hydrogen (secondary N) is 2. The van der Waals surface area contributed by atoms with Crippen molar-refractivity contribution in [3.8, 4) is 11.5 Å². The monoisotopic (exact) mass is 550 g/mol. The molecule has 0 aliphatic carbocycles. The molecule has 1 atom stereocenters. The van der Waals surface area contributed by atoms with Crippen LogP contribution in [0.5, 0.6) is 0 Å². The highest BCUT2D eigenvalue weighted by molar-refractivity contribution is 7.86. The Bertz CT molecular complexity index is 1680. The molecule has 2 heterocycles. The summed E-state index contributed by atoms with van der Waals surface area (Å²) in [4.78, 5) is 27.1. The van der Waals surface area contributed by atoms with E-state index in [2.05, 4.69) is 15.0 Å². The van der Waals surface area contributed by atoms with Crippen molar-refractivity contribution in [2.45, 2.75) is 30.6 Å². The molecule has 0 bridgehead atoms. The molecule has 0 aliphatic heterocycles. The van der Waals surface area contributed by atoms with Crippen LogP contribution >= 0.6 is 0 Å². The van der Waals surface area contributed by atoms with Crippen molar-refractivity contribution in [1.29, 1.82) is 0 Å². The van der Waals surface area contributed by atoms with Crippen LogP contribution in [0.25, 0.3) is 33.5 Å². The molecular weight excluding hydrogens is 530 g/mol. The Labute approximate surface area is 211 Å². The van der Waals surface area contributed by atoms with E-state index in [-0.39, 0.29) is 57.9 Å². The number of benzene rings is 2. The highest BCUT2D eigenvalue weighted by Gasteiger charge is 2.20. The lowest BCUT2D eigenvalue weighted by Crippen LogP contribution is -2.09. The maximum Gasteiger partial charge on any atom is 0.349 e. The zero-order valence-electron chi connectivity index (χ0n) is 18.9. The number of anilines is 2. The number of carboxylic acid groups (broad SMARTS) is 1.